The van der Waals surface area contributed by atoms with E-state index < -0.39 is 0 Å². The highest BCUT2D eigenvalue weighted by Gasteiger charge is 2.31. The Kier molecular flexibility index (Phi) is 7.53. The summed E-state index contributed by atoms with van der Waals surface area (Å²) < 4.78 is 0. The van der Waals surface area contributed by atoms with Crippen molar-refractivity contribution in [3.63, 3.8) is 0 Å². The first-order valence-corrected chi connectivity index (χ1v) is 12.3. The molecule has 0 aromatic carbocycles. The van der Waals surface area contributed by atoms with Crippen molar-refractivity contribution in [2.24, 2.45) is 17.8 Å². The Hall–Kier alpha value is -0.120. The van der Waals surface area contributed by atoms with Crippen LogP contribution in [-0.2, 0) is 0 Å². The monoisotopic (exact) mass is 391 g/mol. The molecule has 3 nitrogen and oxygen atoms in total. The number of piperidine rings is 3. The molecule has 0 saturated carbocycles. The number of hydrogen-bond donors (Lipinski definition) is 0. The van der Waals surface area contributed by atoms with Crippen LogP contribution in [0.2, 0.25) is 0 Å². The molecule has 0 radical (unpaired) electrons. The van der Waals surface area contributed by atoms with Crippen molar-refractivity contribution in [3.05, 3.63) is 0 Å². The highest BCUT2D eigenvalue weighted by Crippen LogP contribution is 2.32. The molecule has 3 heteroatoms. The maximum absolute atomic E-state index is 2.80. The highest BCUT2D eigenvalue weighted by atomic mass is 15.2. The minimum Gasteiger partial charge on any atom is -0.303 e. The van der Waals surface area contributed by atoms with Crippen LogP contribution in [0.5, 0.6) is 0 Å². The normalized spacial score (nSPS) is 26.8. The van der Waals surface area contributed by atoms with Gasteiger partial charge in [0, 0.05) is 17.6 Å². The van der Waals surface area contributed by atoms with E-state index in [9.17, 15) is 0 Å². The molecule has 164 valence electrons. The zero-order chi connectivity index (χ0) is 20.4. The lowest BCUT2D eigenvalue weighted by Crippen LogP contribution is -2.48. The fourth-order valence-electron chi connectivity index (χ4n) is 5.87. The Bertz CT molecular complexity index is 407. The number of likely N-dealkylation sites (tertiary alicyclic amines) is 3. The fourth-order valence-corrected chi connectivity index (χ4v) is 5.87. The minimum atomic E-state index is 0.354. The molecule has 0 unspecified atom stereocenters. The fraction of sp³-hybridized carbons (Fsp3) is 1.00. The van der Waals surface area contributed by atoms with Gasteiger partial charge in [-0.2, -0.15) is 0 Å². The summed E-state index contributed by atoms with van der Waals surface area (Å²) in [4.78, 5) is 8.17. The molecular formula is C25H49N3. The molecule has 0 aromatic rings. The Labute approximate surface area is 176 Å². The Morgan fingerprint density at radius 3 is 1.29 bits per heavy atom. The van der Waals surface area contributed by atoms with Crippen molar-refractivity contribution < 1.29 is 0 Å². The molecule has 3 aliphatic heterocycles. The summed E-state index contributed by atoms with van der Waals surface area (Å²) in [6, 6.07) is 0. The lowest BCUT2D eigenvalue weighted by molar-refractivity contribution is 0.0598. The van der Waals surface area contributed by atoms with Gasteiger partial charge in [-0.1, -0.05) is 0 Å². The minimum absolute atomic E-state index is 0.354. The van der Waals surface area contributed by atoms with E-state index in [0.717, 1.165) is 17.8 Å². The van der Waals surface area contributed by atoms with Crippen molar-refractivity contribution in [1.82, 2.24) is 14.7 Å². The average molecular weight is 392 g/mol. The number of hydrogen-bond acceptors (Lipinski definition) is 3. The third-order valence-corrected chi connectivity index (χ3v) is 8.02. The maximum atomic E-state index is 2.80. The molecule has 3 rings (SSSR count). The van der Waals surface area contributed by atoms with Gasteiger partial charge < -0.3 is 4.90 Å². The molecule has 3 heterocycles. The zero-order valence-corrected chi connectivity index (χ0v) is 20.0. The standard InChI is InChI=1S/C25H49N3/c1-24(2,3)27-15-9-22(10-16-27)19-21-7-13-26(14-8-21)20-23-11-17-28(18-12-23)25(4,5)6/h21-23H,7-20H2,1-6H3. The van der Waals surface area contributed by atoms with Gasteiger partial charge in [0.2, 0.25) is 0 Å². The SMILES string of the molecule is CC(C)(C)N1CCC(CC2CCN(CC3CCN(C(C)(C)C)CC3)CC2)CC1. The number of nitrogens with zero attached hydrogens (tertiary/aromatic N) is 3. The summed E-state index contributed by atoms with van der Waals surface area (Å²) >= 11 is 0. The Morgan fingerprint density at radius 1 is 0.536 bits per heavy atom. The summed E-state index contributed by atoms with van der Waals surface area (Å²) in [5.41, 5.74) is 0.714. The van der Waals surface area contributed by atoms with Crippen LogP contribution < -0.4 is 0 Å². The smallest absolute Gasteiger partial charge is 0.0125 e. The molecule has 0 spiro atoms. The van der Waals surface area contributed by atoms with Crippen LogP contribution in [0.15, 0.2) is 0 Å². The van der Waals surface area contributed by atoms with Gasteiger partial charge in [-0.15, -0.1) is 0 Å². The van der Waals surface area contributed by atoms with Crippen molar-refractivity contribution in [2.45, 2.75) is 97.6 Å². The van der Waals surface area contributed by atoms with Gasteiger partial charge in [0.05, 0.1) is 0 Å². The summed E-state index contributed by atoms with van der Waals surface area (Å²) in [5, 5.41) is 0. The van der Waals surface area contributed by atoms with E-state index in [1.165, 1.54) is 90.8 Å². The third kappa shape index (κ3) is 6.44. The number of rotatable bonds is 4. The summed E-state index contributed by atoms with van der Waals surface area (Å²) in [5.74, 6) is 2.94. The molecule has 3 fully saturated rings. The molecule has 0 bridgehead atoms. The molecule has 28 heavy (non-hydrogen) atoms. The molecule has 3 saturated heterocycles. The van der Waals surface area contributed by atoms with Gasteiger partial charge in [0.25, 0.3) is 0 Å². The van der Waals surface area contributed by atoms with Crippen LogP contribution in [0.1, 0.15) is 86.5 Å². The predicted molar refractivity (Wildman–Crippen MR) is 122 cm³/mol. The lowest BCUT2D eigenvalue weighted by atomic mass is 9.82. The second-order valence-corrected chi connectivity index (χ2v) is 12.2. The lowest BCUT2D eigenvalue weighted by Gasteiger charge is -2.43. The first-order valence-electron chi connectivity index (χ1n) is 12.3. The van der Waals surface area contributed by atoms with Gasteiger partial charge >= 0.3 is 0 Å². The van der Waals surface area contributed by atoms with Crippen LogP contribution in [0.4, 0.5) is 0 Å². The molecule has 0 amide bonds. The second-order valence-electron chi connectivity index (χ2n) is 12.2. The van der Waals surface area contributed by atoms with Crippen LogP contribution in [0, 0.1) is 17.8 Å². The molecule has 0 aromatic heterocycles. The molecule has 0 atom stereocenters. The second kappa shape index (κ2) is 9.35. The quantitative estimate of drug-likeness (QED) is 0.659. The van der Waals surface area contributed by atoms with Crippen molar-refractivity contribution >= 4 is 0 Å². The van der Waals surface area contributed by atoms with Crippen molar-refractivity contribution in [1.29, 1.82) is 0 Å². The van der Waals surface area contributed by atoms with E-state index in [2.05, 4.69) is 56.2 Å². The predicted octanol–water partition coefficient (Wildman–Crippen LogP) is 5.11. The van der Waals surface area contributed by atoms with Crippen LogP contribution >= 0.6 is 0 Å². The maximum Gasteiger partial charge on any atom is 0.0125 e. The van der Waals surface area contributed by atoms with Gasteiger partial charge in [0.15, 0.2) is 0 Å². The summed E-state index contributed by atoms with van der Waals surface area (Å²) in [7, 11) is 0. The Morgan fingerprint density at radius 2 is 0.893 bits per heavy atom. The van der Waals surface area contributed by atoms with Crippen LogP contribution in [0.3, 0.4) is 0 Å². The van der Waals surface area contributed by atoms with Gasteiger partial charge in [0.1, 0.15) is 0 Å². The van der Waals surface area contributed by atoms with E-state index in [1.54, 1.807) is 0 Å². The Balaban J connectivity index is 1.31. The highest BCUT2D eigenvalue weighted by molar-refractivity contribution is 4.86. The van der Waals surface area contributed by atoms with E-state index >= 15 is 0 Å². The van der Waals surface area contributed by atoms with Crippen molar-refractivity contribution in [3.8, 4) is 0 Å². The van der Waals surface area contributed by atoms with Gasteiger partial charge in [-0.3, -0.25) is 9.80 Å². The zero-order valence-electron chi connectivity index (χ0n) is 20.0. The van der Waals surface area contributed by atoms with E-state index in [-0.39, 0.29) is 0 Å². The summed E-state index contributed by atoms with van der Waals surface area (Å²) in [6.45, 7) is 23.6. The first kappa shape index (κ1) is 22.6. The van der Waals surface area contributed by atoms with Gasteiger partial charge in [-0.05, 0) is 144 Å². The van der Waals surface area contributed by atoms with Crippen LogP contribution in [-0.4, -0.2) is 71.6 Å². The topological polar surface area (TPSA) is 9.72 Å². The van der Waals surface area contributed by atoms with E-state index in [4.69, 9.17) is 0 Å². The largest absolute Gasteiger partial charge is 0.303 e. The molecular weight excluding hydrogens is 342 g/mol. The molecule has 0 aliphatic carbocycles. The van der Waals surface area contributed by atoms with Crippen molar-refractivity contribution in [2.75, 3.05) is 45.8 Å². The molecule has 3 aliphatic rings. The molecule has 0 N–H and O–H groups in total. The van der Waals surface area contributed by atoms with Crippen LogP contribution in [0.25, 0.3) is 0 Å². The van der Waals surface area contributed by atoms with E-state index in [1.807, 2.05) is 0 Å². The third-order valence-electron chi connectivity index (χ3n) is 8.02. The average Bonchev–Trinajstić information content (AvgIpc) is 2.63. The van der Waals surface area contributed by atoms with Gasteiger partial charge in [-0.25, -0.2) is 0 Å². The first-order chi connectivity index (χ1) is 13.1. The summed E-state index contributed by atoms with van der Waals surface area (Å²) in [6.07, 6.45) is 10.1. The van der Waals surface area contributed by atoms with E-state index in [0.29, 0.717) is 11.1 Å².